The predicted octanol–water partition coefficient (Wildman–Crippen LogP) is 0.534. The molecular weight excluding hydrogens is 313 g/mol. The van der Waals surface area contributed by atoms with E-state index < -0.39 is 11.4 Å². The maximum atomic E-state index is 12.4. The van der Waals surface area contributed by atoms with Crippen LogP contribution in [0.25, 0.3) is 22.5 Å². The molecule has 1 heterocycles. The van der Waals surface area contributed by atoms with Crippen LogP contribution in [-0.2, 0) is 7.05 Å². The smallest absolute Gasteiger partial charge is 1.00 e. The van der Waals surface area contributed by atoms with Gasteiger partial charge in [0.05, 0.1) is 11.4 Å². The molecule has 1 N–H and O–H groups in total. The summed E-state index contributed by atoms with van der Waals surface area (Å²) in [5.74, 6) is -1.22. The fraction of sp³-hybridized carbons (Fsp3) is 0.0526. The summed E-state index contributed by atoms with van der Waals surface area (Å²) >= 11 is 0. The number of carboxylic acid groups (broad SMARTS) is 1. The number of nitrogens with zero attached hydrogens (tertiary/aromatic N) is 1. The van der Waals surface area contributed by atoms with E-state index in [9.17, 15) is 14.7 Å². The van der Waals surface area contributed by atoms with Gasteiger partial charge in [-0.3, -0.25) is 4.79 Å². The number of hydrogen-bond donors (Lipinski definition) is 1. The topological polar surface area (TPSA) is 59.3 Å². The van der Waals surface area contributed by atoms with Crippen molar-refractivity contribution in [3.63, 3.8) is 0 Å². The van der Waals surface area contributed by atoms with Crippen LogP contribution in [0.2, 0.25) is 0 Å². The first-order chi connectivity index (χ1) is 11.1. The number of aromatic nitrogens is 1. The quantitative estimate of drug-likeness (QED) is 0.714. The Morgan fingerprint density at radius 2 is 1.46 bits per heavy atom. The molecule has 0 amide bonds. The summed E-state index contributed by atoms with van der Waals surface area (Å²) in [5, 5.41) is 9.48. The number of aromatic carboxylic acids is 1. The van der Waals surface area contributed by atoms with E-state index in [0.717, 1.165) is 5.56 Å². The van der Waals surface area contributed by atoms with Crippen molar-refractivity contribution in [1.29, 1.82) is 0 Å². The molecule has 3 aromatic rings. The van der Waals surface area contributed by atoms with Gasteiger partial charge in [0.15, 0.2) is 5.43 Å². The van der Waals surface area contributed by atoms with Crippen molar-refractivity contribution in [1.82, 2.24) is 4.57 Å². The summed E-state index contributed by atoms with van der Waals surface area (Å²) < 4.78 is 1.76. The summed E-state index contributed by atoms with van der Waals surface area (Å²) in [6, 6.07) is 19.9. The number of benzene rings is 2. The van der Waals surface area contributed by atoms with Crippen LogP contribution < -0.4 is 35.0 Å². The van der Waals surface area contributed by atoms with Crippen LogP contribution in [0.15, 0.2) is 71.5 Å². The van der Waals surface area contributed by atoms with Crippen molar-refractivity contribution in [2.24, 2.45) is 7.05 Å². The molecule has 0 saturated carbocycles. The van der Waals surface area contributed by atoms with Gasteiger partial charge in [-0.15, -0.1) is 0 Å². The molecule has 0 radical (unpaired) electrons. The average Bonchev–Trinajstić information content (AvgIpc) is 2.57. The SMILES string of the molecule is Cn1c(-c2ccccc2)cc(=O)c(C(=O)O)c1-c1ccccc1.[H-].[Na+]. The third-order valence-electron chi connectivity index (χ3n) is 3.78. The second-order valence-electron chi connectivity index (χ2n) is 5.21. The van der Waals surface area contributed by atoms with Crippen molar-refractivity contribution in [2.45, 2.75) is 0 Å². The molecule has 0 spiro atoms. The van der Waals surface area contributed by atoms with Crippen LogP contribution in [-0.4, -0.2) is 15.6 Å². The maximum absolute atomic E-state index is 12.4. The molecule has 4 nitrogen and oxygen atoms in total. The molecule has 0 bridgehead atoms. The van der Waals surface area contributed by atoms with Crippen LogP contribution in [0, 0.1) is 0 Å². The van der Waals surface area contributed by atoms with Crippen LogP contribution in [0.3, 0.4) is 0 Å². The molecule has 24 heavy (non-hydrogen) atoms. The molecule has 0 aliphatic heterocycles. The average molecular weight is 329 g/mol. The van der Waals surface area contributed by atoms with Gasteiger partial charge in [0.25, 0.3) is 0 Å². The van der Waals surface area contributed by atoms with E-state index in [1.165, 1.54) is 6.07 Å². The first-order valence-corrected chi connectivity index (χ1v) is 7.17. The number of carbonyl (C=O) groups is 1. The standard InChI is InChI=1S/C19H15NO3.Na.H/c1-20-15(13-8-4-2-5-9-13)12-16(21)17(19(22)23)18(20)14-10-6-3-7-11-14;;/h2-12H,1H3,(H,22,23);;/q;+1;-1. The second-order valence-corrected chi connectivity index (χ2v) is 5.21. The van der Waals surface area contributed by atoms with Gasteiger partial charge in [0.1, 0.15) is 5.56 Å². The molecule has 116 valence electrons. The number of carboxylic acids is 1. The van der Waals surface area contributed by atoms with Crippen molar-refractivity contribution in [3.05, 3.63) is 82.5 Å². The summed E-state index contributed by atoms with van der Waals surface area (Å²) in [6.45, 7) is 0. The second kappa shape index (κ2) is 7.62. The summed E-state index contributed by atoms with van der Waals surface area (Å²) in [6.07, 6.45) is 0. The van der Waals surface area contributed by atoms with Gasteiger partial charge in [0.2, 0.25) is 0 Å². The number of pyridine rings is 1. The van der Waals surface area contributed by atoms with Crippen LogP contribution in [0.5, 0.6) is 0 Å². The largest absolute Gasteiger partial charge is 1.00 e. The van der Waals surface area contributed by atoms with E-state index in [-0.39, 0.29) is 36.5 Å². The van der Waals surface area contributed by atoms with Gasteiger partial charge < -0.3 is 11.1 Å². The number of rotatable bonds is 3. The third-order valence-corrected chi connectivity index (χ3v) is 3.78. The Morgan fingerprint density at radius 1 is 0.958 bits per heavy atom. The van der Waals surface area contributed by atoms with Gasteiger partial charge in [-0.2, -0.15) is 0 Å². The first-order valence-electron chi connectivity index (χ1n) is 7.17. The summed E-state index contributed by atoms with van der Waals surface area (Å²) in [7, 11) is 1.77. The molecule has 0 aliphatic carbocycles. The molecule has 2 aromatic carbocycles. The molecule has 0 saturated heterocycles. The fourth-order valence-corrected chi connectivity index (χ4v) is 2.72. The summed E-state index contributed by atoms with van der Waals surface area (Å²) in [5.41, 5.74) is 1.94. The van der Waals surface area contributed by atoms with E-state index in [2.05, 4.69) is 0 Å². The Hall–Kier alpha value is -2.14. The van der Waals surface area contributed by atoms with Crippen molar-refractivity contribution in [3.8, 4) is 22.5 Å². The minimum Gasteiger partial charge on any atom is -1.00 e. The first kappa shape index (κ1) is 18.2. The van der Waals surface area contributed by atoms with Gasteiger partial charge in [-0.1, -0.05) is 60.7 Å². The monoisotopic (exact) mass is 329 g/mol. The molecule has 1 aromatic heterocycles. The van der Waals surface area contributed by atoms with Gasteiger partial charge in [-0.05, 0) is 11.1 Å². The van der Waals surface area contributed by atoms with Crippen molar-refractivity contribution >= 4 is 5.97 Å². The zero-order valence-electron chi connectivity index (χ0n) is 14.6. The van der Waals surface area contributed by atoms with Crippen LogP contribution >= 0.6 is 0 Å². The van der Waals surface area contributed by atoms with E-state index in [0.29, 0.717) is 17.0 Å². The van der Waals surface area contributed by atoms with Crippen molar-refractivity contribution in [2.75, 3.05) is 0 Å². The molecule has 0 atom stereocenters. The van der Waals surface area contributed by atoms with E-state index in [4.69, 9.17) is 0 Å². The fourth-order valence-electron chi connectivity index (χ4n) is 2.72. The zero-order chi connectivity index (χ0) is 16.4. The Bertz CT molecular complexity index is 925. The van der Waals surface area contributed by atoms with Gasteiger partial charge in [0, 0.05) is 13.1 Å². The molecule has 5 heteroatoms. The normalized spacial score (nSPS) is 10.0. The Balaban J connectivity index is 0.00000156. The molecule has 0 unspecified atom stereocenters. The van der Waals surface area contributed by atoms with Crippen LogP contribution in [0.1, 0.15) is 11.8 Å². The van der Waals surface area contributed by atoms with E-state index >= 15 is 0 Å². The Labute approximate surface area is 163 Å². The number of hydrogen-bond acceptors (Lipinski definition) is 2. The molecule has 0 fully saturated rings. The van der Waals surface area contributed by atoms with E-state index in [1.54, 1.807) is 23.7 Å². The van der Waals surface area contributed by atoms with E-state index in [1.807, 2.05) is 48.5 Å². The summed E-state index contributed by atoms with van der Waals surface area (Å²) in [4.78, 5) is 24.0. The Morgan fingerprint density at radius 3 is 1.96 bits per heavy atom. The third kappa shape index (κ3) is 3.36. The minimum atomic E-state index is -1.22. The molecule has 3 rings (SSSR count). The van der Waals surface area contributed by atoms with Gasteiger partial charge >= 0.3 is 35.5 Å². The maximum Gasteiger partial charge on any atom is 1.00 e. The van der Waals surface area contributed by atoms with Gasteiger partial charge in [-0.25, -0.2) is 4.79 Å². The van der Waals surface area contributed by atoms with Crippen LogP contribution in [0.4, 0.5) is 0 Å². The Kier molecular flexibility index (Phi) is 5.78. The minimum absolute atomic E-state index is 0. The zero-order valence-corrected chi connectivity index (χ0v) is 15.6. The van der Waals surface area contributed by atoms with Crippen molar-refractivity contribution < 1.29 is 40.9 Å². The predicted molar refractivity (Wildman–Crippen MR) is 90.6 cm³/mol. The molecular formula is C19H16NNaO3. The molecule has 0 aliphatic rings.